The summed E-state index contributed by atoms with van der Waals surface area (Å²) < 4.78 is 0. The second kappa shape index (κ2) is 5.79. The maximum Gasteiger partial charge on any atom is 0.0365 e. The van der Waals surface area contributed by atoms with Crippen LogP contribution in [0.3, 0.4) is 0 Å². The summed E-state index contributed by atoms with van der Waals surface area (Å²) in [6.45, 7) is 24.0. The SMILES string of the molecule is C=C(C(=C)C(C)C)C(=C)N(CC)C(C)C. The molecular weight excluding hydrogens is 182 g/mol. The summed E-state index contributed by atoms with van der Waals surface area (Å²) in [6.07, 6.45) is 0. The Morgan fingerprint density at radius 1 is 1.07 bits per heavy atom. The van der Waals surface area contributed by atoms with Crippen LogP contribution in [-0.4, -0.2) is 17.5 Å². The Morgan fingerprint density at radius 2 is 1.53 bits per heavy atom. The predicted octanol–water partition coefficient (Wildman–Crippen LogP) is 4.00. The van der Waals surface area contributed by atoms with Crippen LogP contribution < -0.4 is 0 Å². The molecule has 0 unspecified atom stereocenters. The van der Waals surface area contributed by atoms with E-state index in [9.17, 15) is 0 Å². The number of nitrogens with zero attached hydrogens (tertiary/aromatic N) is 1. The molecule has 0 saturated carbocycles. The lowest BCUT2D eigenvalue weighted by atomic mass is 9.95. The highest BCUT2D eigenvalue weighted by molar-refractivity contribution is 5.42. The van der Waals surface area contributed by atoms with E-state index in [-0.39, 0.29) is 0 Å². The molecule has 0 atom stereocenters. The summed E-state index contributed by atoms with van der Waals surface area (Å²) in [4.78, 5) is 2.25. The number of allylic oxidation sites excluding steroid dienone is 1. The van der Waals surface area contributed by atoms with Crippen molar-refractivity contribution in [1.82, 2.24) is 4.90 Å². The molecule has 0 heterocycles. The first kappa shape index (κ1) is 14.0. The van der Waals surface area contributed by atoms with Gasteiger partial charge >= 0.3 is 0 Å². The molecular formula is C14H25N. The molecule has 86 valence electrons. The molecule has 15 heavy (non-hydrogen) atoms. The highest BCUT2D eigenvalue weighted by Gasteiger charge is 2.15. The van der Waals surface area contributed by atoms with E-state index in [2.05, 4.69) is 59.3 Å². The first-order chi connectivity index (χ1) is 6.82. The number of likely N-dealkylation sites (N-methyl/N-ethyl adjacent to an activating group) is 1. The van der Waals surface area contributed by atoms with Gasteiger partial charge in [-0.25, -0.2) is 0 Å². The van der Waals surface area contributed by atoms with Gasteiger partial charge in [0.1, 0.15) is 0 Å². The first-order valence-electron chi connectivity index (χ1n) is 5.66. The molecule has 1 heteroatoms. The third-order valence-electron chi connectivity index (χ3n) is 2.74. The summed E-state index contributed by atoms with van der Waals surface area (Å²) >= 11 is 0. The van der Waals surface area contributed by atoms with Gasteiger partial charge in [0.05, 0.1) is 0 Å². The minimum atomic E-state index is 0.431. The molecule has 0 aliphatic heterocycles. The van der Waals surface area contributed by atoms with Crippen molar-refractivity contribution in [1.29, 1.82) is 0 Å². The zero-order chi connectivity index (χ0) is 12.2. The van der Waals surface area contributed by atoms with Gasteiger partial charge in [-0.3, -0.25) is 0 Å². The Kier molecular flexibility index (Phi) is 5.41. The number of rotatable bonds is 6. The van der Waals surface area contributed by atoms with E-state index in [1.165, 1.54) is 0 Å². The van der Waals surface area contributed by atoms with Crippen molar-refractivity contribution in [2.45, 2.75) is 40.7 Å². The topological polar surface area (TPSA) is 3.24 Å². The van der Waals surface area contributed by atoms with Crippen molar-refractivity contribution in [3.8, 4) is 0 Å². The van der Waals surface area contributed by atoms with Crippen LogP contribution in [0.15, 0.2) is 36.6 Å². The van der Waals surface area contributed by atoms with Crippen molar-refractivity contribution in [3.05, 3.63) is 36.6 Å². The molecule has 0 aromatic carbocycles. The maximum atomic E-state index is 4.12. The van der Waals surface area contributed by atoms with Gasteiger partial charge in [0.2, 0.25) is 0 Å². The van der Waals surface area contributed by atoms with E-state index >= 15 is 0 Å². The van der Waals surface area contributed by atoms with Crippen molar-refractivity contribution in [3.63, 3.8) is 0 Å². The van der Waals surface area contributed by atoms with Crippen LogP contribution in [0.4, 0.5) is 0 Å². The Balaban J connectivity index is 4.70. The van der Waals surface area contributed by atoms with Gasteiger partial charge in [0.15, 0.2) is 0 Å². The summed E-state index contributed by atoms with van der Waals surface area (Å²) in [5.74, 6) is 0.431. The molecule has 0 bridgehead atoms. The molecule has 0 aromatic heterocycles. The quantitative estimate of drug-likeness (QED) is 0.595. The standard InChI is InChI=1S/C14H25N/c1-9-15(11(4)5)14(8)13(7)12(6)10(2)3/h10-11H,6-9H2,1-5H3. The lowest BCUT2D eigenvalue weighted by Crippen LogP contribution is -2.30. The second-order valence-corrected chi connectivity index (χ2v) is 4.48. The maximum absolute atomic E-state index is 4.12. The molecule has 0 amide bonds. The number of hydrogen-bond acceptors (Lipinski definition) is 1. The van der Waals surface area contributed by atoms with Crippen molar-refractivity contribution >= 4 is 0 Å². The Hall–Kier alpha value is -0.980. The van der Waals surface area contributed by atoms with E-state index in [1.807, 2.05) is 0 Å². The molecule has 0 fully saturated rings. The van der Waals surface area contributed by atoms with E-state index < -0.39 is 0 Å². The molecule has 1 nitrogen and oxygen atoms in total. The van der Waals surface area contributed by atoms with E-state index in [1.54, 1.807) is 0 Å². The van der Waals surface area contributed by atoms with Gasteiger partial charge in [-0.2, -0.15) is 0 Å². The Labute approximate surface area is 95.2 Å². The smallest absolute Gasteiger partial charge is 0.0365 e. The van der Waals surface area contributed by atoms with Crippen LogP contribution >= 0.6 is 0 Å². The minimum Gasteiger partial charge on any atom is -0.369 e. The molecule has 0 saturated heterocycles. The average Bonchev–Trinajstić information content (AvgIpc) is 2.15. The van der Waals surface area contributed by atoms with E-state index in [4.69, 9.17) is 0 Å². The third kappa shape index (κ3) is 3.58. The zero-order valence-corrected chi connectivity index (χ0v) is 10.9. The summed E-state index contributed by atoms with van der Waals surface area (Å²) in [7, 11) is 0. The second-order valence-electron chi connectivity index (χ2n) is 4.48. The van der Waals surface area contributed by atoms with Gasteiger partial charge in [-0.15, -0.1) is 0 Å². The van der Waals surface area contributed by atoms with Crippen molar-refractivity contribution in [2.75, 3.05) is 6.54 Å². The highest BCUT2D eigenvalue weighted by Crippen LogP contribution is 2.24. The normalized spacial score (nSPS) is 10.6. The largest absolute Gasteiger partial charge is 0.369 e. The lowest BCUT2D eigenvalue weighted by molar-refractivity contribution is 0.305. The van der Waals surface area contributed by atoms with Gasteiger partial charge < -0.3 is 4.90 Å². The fourth-order valence-electron chi connectivity index (χ4n) is 1.57. The summed E-state index contributed by atoms with van der Waals surface area (Å²) in [5.41, 5.74) is 3.07. The summed E-state index contributed by atoms with van der Waals surface area (Å²) in [5, 5.41) is 0. The van der Waals surface area contributed by atoms with Gasteiger partial charge in [0.25, 0.3) is 0 Å². The van der Waals surface area contributed by atoms with Gasteiger partial charge in [-0.1, -0.05) is 33.6 Å². The minimum absolute atomic E-state index is 0.431. The molecule has 0 spiro atoms. The zero-order valence-electron chi connectivity index (χ0n) is 10.9. The molecule has 0 aliphatic rings. The van der Waals surface area contributed by atoms with Crippen LogP contribution in [0, 0.1) is 5.92 Å². The van der Waals surface area contributed by atoms with Crippen LogP contribution in [0.2, 0.25) is 0 Å². The van der Waals surface area contributed by atoms with Crippen LogP contribution in [0.5, 0.6) is 0 Å². The fourth-order valence-corrected chi connectivity index (χ4v) is 1.57. The van der Waals surface area contributed by atoms with Gasteiger partial charge in [-0.05, 0) is 37.8 Å². The lowest BCUT2D eigenvalue weighted by Gasteiger charge is -2.31. The number of hydrogen-bond donors (Lipinski definition) is 0. The Morgan fingerprint density at radius 3 is 1.80 bits per heavy atom. The Bertz CT molecular complexity index is 259. The van der Waals surface area contributed by atoms with E-state index in [0.717, 1.165) is 23.4 Å². The monoisotopic (exact) mass is 207 g/mol. The van der Waals surface area contributed by atoms with Crippen molar-refractivity contribution in [2.24, 2.45) is 5.92 Å². The molecule has 0 aromatic rings. The molecule has 0 aliphatic carbocycles. The predicted molar refractivity (Wildman–Crippen MR) is 69.8 cm³/mol. The molecule has 0 N–H and O–H groups in total. The molecule has 0 rings (SSSR count). The van der Waals surface area contributed by atoms with Crippen LogP contribution in [0.1, 0.15) is 34.6 Å². The van der Waals surface area contributed by atoms with E-state index in [0.29, 0.717) is 12.0 Å². The van der Waals surface area contributed by atoms with Crippen molar-refractivity contribution < 1.29 is 0 Å². The van der Waals surface area contributed by atoms with Crippen LogP contribution in [0.25, 0.3) is 0 Å². The summed E-state index contributed by atoms with van der Waals surface area (Å²) in [6, 6.07) is 0.458. The van der Waals surface area contributed by atoms with Gasteiger partial charge in [0, 0.05) is 18.3 Å². The average molecular weight is 207 g/mol. The fraction of sp³-hybridized carbons (Fsp3) is 0.571. The highest BCUT2D eigenvalue weighted by atomic mass is 15.2. The van der Waals surface area contributed by atoms with Crippen LogP contribution in [-0.2, 0) is 0 Å². The third-order valence-corrected chi connectivity index (χ3v) is 2.74. The molecule has 0 radical (unpaired) electrons. The first-order valence-corrected chi connectivity index (χ1v) is 5.66.